The van der Waals surface area contributed by atoms with Gasteiger partial charge < -0.3 is 9.84 Å². The van der Waals surface area contributed by atoms with Crippen LogP contribution in [0.4, 0.5) is 0 Å². The predicted molar refractivity (Wildman–Crippen MR) is 120 cm³/mol. The molecule has 1 aromatic carbocycles. The molecule has 0 radical (unpaired) electrons. The molecule has 0 saturated heterocycles. The van der Waals surface area contributed by atoms with Gasteiger partial charge in [0, 0.05) is 11.3 Å². The number of thioether (sulfide) groups is 1. The first-order chi connectivity index (χ1) is 14.3. The molecule has 2 atom stereocenters. The van der Waals surface area contributed by atoms with Crippen LogP contribution in [0.3, 0.4) is 0 Å². The van der Waals surface area contributed by atoms with E-state index in [-0.39, 0.29) is 11.7 Å². The van der Waals surface area contributed by atoms with Crippen molar-refractivity contribution in [3.8, 4) is 5.69 Å². The van der Waals surface area contributed by atoms with Crippen molar-refractivity contribution < 1.29 is 14.6 Å². The lowest BCUT2D eigenvalue weighted by Crippen LogP contribution is -2.28. The standard InChI is InChI=1S/C22H24N2O4S2/c1-11(2)16-9-14-17(10-28-16)30-19-18(14)20(25)24(15-8-6-5-7-12(15)3)22(23-19)29-13(4)21(26)27/h5-8,11,13,16H,9-10H2,1-4H3,(H,26,27)/t13-,16-/m0/s1. The van der Waals surface area contributed by atoms with E-state index < -0.39 is 11.2 Å². The highest BCUT2D eigenvalue weighted by Gasteiger charge is 2.29. The van der Waals surface area contributed by atoms with Crippen LogP contribution >= 0.6 is 23.1 Å². The number of thiophene rings is 1. The van der Waals surface area contributed by atoms with Crippen molar-refractivity contribution in [3.05, 3.63) is 50.6 Å². The summed E-state index contributed by atoms with van der Waals surface area (Å²) in [4.78, 5) is 31.7. The van der Waals surface area contributed by atoms with Gasteiger partial charge in [-0.1, -0.05) is 43.8 Å². The Morgan fingerprint density at radius 1 is 1.33 bits per heavy atom. The fourth-order valence-electron chi connectivity index (χ4n) is 3.65. The van der Waals surface area contributed by atoms with Crippen LogP contribution in [-0.4, -0.2) is 32.0 Å². The van der Waals surface area contributed by atoms with E-state index in [1.807, 2.05) is 31.2 Å². The van der Waals surface area contributed by atoms with E-state index in [1.54, 1.807) is 11.5 Å². The van der Waals surface area contributed by atoms with Crippen LogP contribution in [0.5, 0.6) is 0 Å². The Morgan fingerprint density at radius 3 is 2.73 bits per heavy atom. The average Bonchev–Trinajstić information content (AvgIpc) is 3.06. The maximum Gasteiger partial charge on any atom is 0.316 e. The zero-order chi connectivity index (χ0) is 21.6. The van der Waals surface area contributed by atoms with E-state index in [1.165, 1.54) is 11.3 Å². The van der Waals surface area contributed by atoms with Gasteiger partial charge in [0.15, 0.2) is 5.16 Å². The molecule has 30 heavy (non-hydrogen) atoms. The van der Waals surface area contributed by atoms with Crippen LogP contribution in [0.15, 0.2) is 34.2 Å². The van der Waals surface area contributed by atoms with Gasteiger partial charge in [-0.3, -0.25) is 14.2 Å². The van der Waals surface area contributed by atoms with Crippen LogP contribution in [0.2, 0.25) is 0 Å². The Kier molecular flexibility index (Phi) is 5.74. The summed E-state index contributed by atoms with van der Waals surface area (Å²) in [5.74, 6) is -0.588. The molecule has 3 heterocycles. The molecule has 6 nitrogen and oxygen atoms in total. The highest BCUT2D eigenvalue weighted by molar-refractivity contribution is 8.00. The SMILES string of the molecule is Cc1ccccc1-n1c(S[C@@H](C)C(=O)O)nc2sc3c(c2c1=O)C[C@@H](C(C)C)OC3. The second kappa shape index (κ2) is 8.17. The lowest BCUT2D eigenvalue weighted by Gasteiger charge is -2.26. The number of carboxylic acid groups (broad SMARTS) is 1. The summed E-state index contributed by atoms with van der Waals surface area (Å²) in [7, 11) is 0. The zero-order valence-electron chi connectivity index (χ0n) is 17.3. The van der Waals surface area contributed by atoms with Gasteiger partial charge in [0.25, 0.3) is 5.56 Å². The van der Waals surface area contributed by atoms with Crippen molar-refractivity contribution in [1.29, 1.82) is 0 Å². The highest BCUT2D eigenvalue weighted by atomic mass is 32.2. The van der Waals surface area contributed by atoms with Gasteiger partial charge in [-0.15, -0.1) is 11.3 Å². The first-order valence-electron chi connectivity index (χ1n) is 9.92. The number of aryl methyl sites for hydroxylation is 1. The molecule has 1 aliphatic heterocycles. The van der Waals surface area contributed by atoms with Crippen molar-refractivity contribution in [1.82, 2.24) is 9.55 Å². The van der Waals surface area contributed by atoms with Gasteiger partial charge in [-0.25, -0.2) is 4.98 Å². The molecule has 4 rings (SSSR count). The summed E-state index contributed by atoms with van der Waals surface area (Å²) in [5, 5.41) is 9.72. The summed E-state index contributed by atoms with van der Waals surface area (Å²) < 4.78 is 7.56. The molecule has 0 amide bonds. The summed E-state index contributed by atoms with van der Waals surface area (Å²) in [6.45, 7) is 8.27. The number of carbonyl (C=O) groups is 1. The van der Waals surface area contributed by atoms with Crippen LogP contribution in [0.1, 0.15) is 36.8 Å². The number of ether oxygens (including phenoxy) is 1. The lowest BCUT2D eigenvalue weighted by molar-refractivity contribution is -0.136. The van der Waals surface area contributed by atoms with E-state index >= 15 is 0 Å². The molecule has 0 aliphatic carbocycles. The third-order valence-corrected chi connectivity index (χ3v) is 7.58. The summed E-state index contributed by atoms with van der Waals surface area (Å²) in [6.07, 6.45) is 0.762. The number of fused-ring (bicyclic) bond motifs is 3. The van der Waals surface area contributed by atoms with Gasteiger partial charge in [-0.05, 0) is 37.0 Å². The molecule has 1 N–H and O–H groups in total. The van der Waals surface area contributed by atoms with Crippen molar-refractivity contribution in [2.45, 2.75) is 57.2 Å². The Hall–Kier alpha value is -2.16. The van der Waals surface area contributed by atoms with Crippen LogP contribution in [0.25, 0.3) is 15.9 Å². The third kappa shape index (κ3) is 3.68. The van der Waals surface area contributed by atoms with Crippen LogP contribution in [0, 0.1) is 12.8 Å². The molecule has 1 aliphatic rings. The Morgan fingerprint density at radius 2 is 2.07 bits per heavy atom. The predicted octanol–water partition coefficient (Wildman–Crippen LogP) is 4.42. The van der Waals surface area contributed by atoms with Gasteiger partial charge in [0.1, 0.15) is 10.1 Å². The maximum atomic E-state index is 13.8. The van der Waals surface area contributed by atoms with Crippen molar-refractivity contribution in [2.24, 2.45) is 5.92 Å². The number of carboxylic acids is 1. The zero-order valence-corrected chi connectivity index (χ0v) is 19.0. The molecule has 3 aromatic rings. The number of aliphatic carboxylic acids is 1. The normalized spacial score (nSPS) is 17.3. The van der Waals surface area contributed by atoms with Gasteiger partial charge in [-0.2, -0.15) is 0 Å². The molecule has 0 spiro atoms. The molecule has 0 bridgehead atoms. The lowest BCUT2D eigenvalue weighted by atomic mass is 9.96. The van der Waals surface area contributed by atoms with Crippen molar-refractivity contribution in [2.75, 3.05) is 0 Å². The van der Waals surface area contributed by atoms with Crippen molar-refractivity contribution >= 4 is 39.3 Å². The summed E-state index contributed by atoms with van der Waals surface area (Å²) in [6, 6.07) is 7.60. The molecule has 0 saturated carbocycles. The average molecular weight is 445 g/mol. The van der Waals surface area contributed by atoms with E-state index in [0.29, 0.717) is 34.3 Å². The number of hydrogen-bond acceptors (Lipinski definition) is 6. The summed E-state index contributed by atoms with van der Waals surface area (Å²) >= 11 is 2.57. The molecule has 158 valence electrons. The minimum Gasteiger partial charge on any atom is -0.480 e. The number of nitrogens with zero attached hydrogens (tertiary/aromatic N) is 2. The number of rotatable bonds is 5. The van der Waals surface area contributed by atoms with E-state index in [2.05, 4.69) is 13.8 Å². The Labute approximate surface area is 182 Å². The monoisotopic (exact) mass is 444 g/mol. The molecule has 2 aromatic heterocycles. The minimum absolute atomic E-state index is 0.0719. The maximum absolute atomic E-state index is 13.8. The topological polar surface area (TPSA) is 81.4 Å². The largest absolute Gasteiger partial charge is 0.480 e. The number of aromatic nitrogens is 2. The van der Waals surface area contributed by atoms with Crippen LogP contribution in [-0.2, 0) is 22.6 Å². The molecular weight excluding hydrogens is 420 g/mol. The molecule has 8 heteroatoms. The minimum atomic E-state index is -0.940. The highest BCUT2D eigenvalue weighted by Crippen LogP contribution is 2.37. The van der Waals surface area contributed by atoms with Crippen molar-refractivity contribution in [3.63, 3.8) is 0 Å². The number of hydrogen-bond donors (Lipinski definition) is 1. The van der Waals surface area contributed by atoms with E-state index in [9.17, 15) is 14.7 Å². The molecule has 0 unspecified atom stereocenters. The Balaban J connectivity index is 1.97. The number of para-hydroxylation sites is 1. The fraction of sp³-hybridized carbons (Fsp3) is 0.409. The second-order valence-corrected chi connectivity index (χ2v) is 10.3. The quantitative estimate of drug-likeness (QED) is 0.463. The fourth-order valence-corrected chi connectivity index (χ4v) is 5.67. The smallest absolute Gasteiger partial charge is 0.316 e. The molecule has 0 fully saturated rings. The molecular formula is C22H24N2O4S2. The van der Waals surface area contributed by atoms with Gasteiger partial charge in [0.2, 0.25) is 0 Å². The van der Waals surface area contributed by atoms with E-state index in [0.717, 1.165) is 33.5 Å². The number of benzene rings is 1. The van der Waals surface area contributed by atoms with E-state index in [4.69, 9.17) is 9.72 Å². The van der Waals surface area contributed by atoms with Crippen LogP contribution < -0.4 is 5.56 Å². The van der Waals surface area contributed by atoms with Gasteiger partial charge >= 0.3 is 5.97 Å². The first kappa shape index (κ1) is 21.1. The third-order valence-electron chi connectivity index (χ3n) is 5.44. The van der Waals surface area contributed by atoms with Gasteiger partial charge in [0.05, 0.1) is 23.8 Å². The first-order valence-corrected chi connectivity index (χ1v) is 11.6. The summed E-state index contributed by atoms with van der Waals surface area (Å²) in [5.41, 5.74) is 2.54. The Bertz CT molecular complexity index is 1180. The second-order valence-electron chi connectivity index (χ2n) is 7.90.